The van der Waals surface area contributed by atoms with E-state index in [9.17, 15) is 9.18 Å². The Balaban J connectivity index is 0.000000788. The molecule has 6 aromatic carbocycles. The maximum Gasteiger partial charge on any atom is 1.00 e. The molecule has 0 aromatic heterocycles. The molecule has 0 radical (unpaired) electrons. The average molecular weight is 1010 g/mol. The molecular formula is C42H36Br2Cl2FK2NO8. The van der Waals surface area contributed by atoms with E-state index in [2.05, 4.69) is 36.7 Å². The summed E-state index contributed by atoms with van der Waals surface area (Å²) < 4.78 is 31.5. The largest absolute Gasteiger partial charge is 1.00 e. The molecule has 1 heterocycles. The van der Waals surface area contributed by atoms with Gasteiger partial charge in [-0.1, -0.05) is 96.0 Å². The van der Waals surface area contributed by atoms with Crippen molar-refractivity contribution in [3.8, 4) is 40.2 Å². The average Bonchev–Trinajstić information content (AvgIpc) is 3.60. The predicted molar refractivity (Wildman–Crippen MR) is 221 cm³/mol. The van der Waals surface area contributed by atoms with Crippen molar-refractivity contribution in [2.45, 2.75) is 12.8 Å². The van der Waals surface area contributed by atoms with Gasteiger partial charge in [0.25, 0.3) is 6.47 Å². The molecule has 58 heavy (non-hydrogen) atoms. The smallest absolute Gasteiger partial charge is 1.00 e. The van der Waals surface area contributed by atoms with E-state index < -0.39 is 0 Å². The normalized spacial score (nSPS) is 10.7. The maximum atomic E-state index is 13.2. The quantitative estimate of drug-likeness (QED) is 0.0910. The summed E-state index contributed by atoms with van der Waals surface area (Å²) in [4.78, 5) is 23.5. The molecular weight excluding hydrogens is 974 g/mol. The van der Waals surface area contributed by atoms with Crippen LogP contribution in [-0.4, -0.2) is 36.0 Å². The molecule has 9 nitrogen and oxygen atoms in total. The van der Waals surface area contributed by atoms with E-state index in [4.69, 9.17) is 52.6 Å². The fraction of sp³-hybridized carbons (Fsp3) is 0.0952. The summed E-state index contributed by atoms with van der Waals surface area (Å²) in [5.74, 6) is 3.93. The second-order valence-corrected chi connectivity index (χ2v) is 13.4. The maximum absolute atomic E-state index is 13.2. The van der Waals surface area contributed by atoms with Crippen LogP contribution in [0, 0.1) is 5.82 Å². The van der Waals surface area contributed by atoms with Gasteiger partial charge in [-0.25, -0.2) is 4.39 Å². The summed E-state index contributed by atoms with van der Waals surface area (Å²) in [7, 11) is 1.84. The molecule has 0 unspecified atom stereocenters. The van der Waals surface area contributed by atoms with Crippen LogP contribution in [0.5, 0.6) is 40.2 Å². The SMILES string of the molecule is CN1CCCC1=O.Clc1ccccc1Oc1cccc(Oc2ccccc2)c1Br.Fc1cccc(Oc2ccccc2)c1Br.O=CO[O-].Oc1ccccc1Cl.[H-].[K+].[K+]. The topological polar surface area (TPSA) is 118 Å². The van der Waals surface area contributed by atoms with Crippen LogP contribution >= 0.6 is 55.1 Å². The number of para-hydroxylation sites is 4. The van der Waals surface area contributed by atoms with Crippen LogP contribution in [0.3, 0.4) is 0 Å². The third-order valence-electron chi connectivity index (χ3n) is 7.04. The first-order chi connectivity index (χ1) is 27.0. The first kappa shape index (κ1) is 54.2. The van der Waals surface area contributed by atoms with Crippen molar-refractivity contribution in [3.63, 3.8) is 0 Å². The van der Waals surface area contributed by atoms with Crippen LogP contribution in [0.1, 0.15) is 14.3 Å². The summed E-state index contributed by atoms with van der Waals surface area (Å²) in [6, 6.07) is 43.1. The number of carbonyl (C=O) groups is 2. The molecule has 1 aliphatic rings. The van der Waals surface area contributed by atoms with E-state index >= 15 is 0 Å². The van der Waals surface area contributed by atoms with Crippen molar-refractivity contribution in [2.24, 2.45) is 0 Å². The van der Waals surface area contributed by atoms with Crippen molar-refractivity contribution in [2.75, 3.05) is 13.6 Å². The zero-order valence-corrected chi connectivity index (χ0v) is 42.6. The Hall–Kier alpha value is -1.84. The number of benzene rings is 6. The van der Waals surface area contributed by atoms with Crippen LogP contribution in [0.15, 0.2) is 155 Å². The van der Waals surface area contributed by atoms with E-state index in [0.29, 0.717) is 49.2 Å². The minimum Gasteiger partial charge on any atom is -1.00 e. The third-order valence-corrected chi connectivity index (χ3v) is 9.23. The predicted octanol–water partition coefficient (Wildman–Crippen LogP) is 5.91. The van der Waals surface area contributed by atoms with Gasteiger partial charge in [0.1, 0.15) is 50.5 Å². The van der Waals surface area contributed by atoms with Gasteiger partial charge in [0, 0.05) is 20.0 Å². The molecule has 1 saturated heterocycles. The van der Waals surface area contributed by atoms with E-state index in [-0.39, 0.29) is 122 Å². The van der Waals surface area contributed by atoms with Crippen molar-refractivity contribution < 1.29 is 148 Å². The number of ether oxygens (including phenoxy) is 3. The number of hydrogen-bond donors (Lipinski definition) is 1. The Morgan fingerprint density at radius 1 is 0.672 bits per heavy atom. The zero-order chi connectivity index (χ0) is 40.7. The number of hydrogen-bond acceptors (Lipinski definition) is 8. The third kappa shape index (κ3) is 20.1. The Bertz CT molecular complexity index is 2100. The van der Waals surface area contributed by atoms with E-state index in [0.717, 1.165) is 29.6 Å². The van der Waals surface area contributed by atoms with E-state index in [1.807, 2.05) is 104 Å². The second-order valence-electron chi connectivity index (χ2n) is 11.0. The molecule has 0 atom stereocenters. The number of nitrogens with zero attached hydrogens (tertiary/aromatic N) is 1. The van der Waals surface area contributed by atoms with Gasteiger partial charge in [-0.05, 0) is 111 Å². The van der Waals surface area contributed by atoms with Crippen molar-refractivity contribution in [1.29, 1.82) is 0 Å². The molecule has 0 saturated carbocycles. The van der Waals surface area contributed by atoms with Crippen LogP contribution in [0.25, 0.3) is 0 Å². The molecule has 1 N–H and O–H groups in total. The minimum atomic E-state index is -0.330. The molecule has 6 aromatic rings. The number of phenolic OH excluding ortho intramolecular Hbond substituents is 1. The van der Waals surface area contributed by atoms with E-state index in [1.165, 1.54) is 6.07 Å². The number of aromatic hydroxyl groups is 1. The Morgan fingerprint density at radius 2 is 1.10 bits per heavy atom. The summed E-state index contributed by atoms with van der Waals surface area (Å²) in [5, 5.41) is 18.2. The summed E-state index contributed by atoms with van der Waals surface area (Å²) >= 11 is 18.2. The molecule has 0 bridgehead atoms. The fourth-order valence-corrected chi connectivity index (χ4v) is 5.40. The molecule has 1 amide bonds. The summed E-state index contributed by atoms with van der Waals surface area (Å²) in [6.07, 6.45) is 1.81. The fourth-order valence-electron chi connectivity index (χ4n) is 4.32. The Kier molecular flexibility index (Phi) is 29.0. The number of likely N-dealkylation sites (tertiary alicyclic amines) is 1. The molecule has 1 aliphatic heterocycles. The van der Waals surface area contributed by atoms with Gasteiger partial charge >= 0.3 is 103 Å². The molecule has 294 valence electrons. The molecule has 0 aliphatic carbocycles. The standard InChI is InChI=1S/C18H12BrClO2.C12H8BrFO.C6H5ClO.C5H9NO.CH2O3.2K.H/c19-18-16(21-13-7-2-1-3-8-13)11-6-12-17(18)22-15-10-5-4-9-14(15)20;13-12-10(14)7-4-8-11(12)15-9-5-2-1-3-6-9;7-5-3-1-2-4-6(5)8;1-6-4-2-3-5(6)7;2-1-4-3;;;/h1-12H;1-8H;1-4,8H;2-4H2,1H3;1,3H;;;/q;;;;;2*+1;-1/p-1. The van der Waals surface area contributed by atoms with Gasteiger partial charge < -0.3 is 35.8 Å². The minimum absolute atomic E-state index is 0. The molecule has 16 heteroatoms. The summed E-state index contributed by atoms with van der Waals surface area (Å²) in [6.45, 7) is 0.777. The van der Waals surface area contributed by atoms with Gasteiger partial charge in [0.05, 0.1) is 14.5 Å². The van der Waals surface area contributed by atoms with Crippen LogP contribution in [-0.2, 0) is 14.5 Å². The summed E-state index contributed by atoms with van der Waals surface area (Å²) in [5.41, 5.74) is 0. The number of phenols is 1. The number of halogens is 5. The Labute approximate surface area is 450 Å². The molecule has 7 rings (SSSR count). The Morgan fingerprint density at radius 3 is 1.52 bits per heavy atom. The molecule has 0 spiro atoms. The first-order valence-corrected chi connectivity index (χ1v) is 18.9. The van der Waals surface area contributed by atoms with Gasteiger partial charge in [-0.2, -0.15) is 0 Å². The van der Waals surface area contributed by atoms with Gasteiger partial charge in [0.15, 0.2) is 0 Å². The second kappa shape index (κ2) is 31.1. The number of carbonyl (C=O) groups excluding carboxylic acids is 2. The van der Waals surface area contributed by atoms with Crippen LogP contribution in [0.2, 0.25) is 10.0 Å². The monoisotopic (exact) mass is 1010 g/mol. The van der Waals surface area contributed by atoms with Gasteiger partial charge in [0.2, 0.25) is 5.91 Å². The number of rotatable bonds is 7. The van der Waals surface area contributed by atoms with Crippen molar-refractivity contribution in [3.05, 3.63) is 170 Å². The van der Waals surface area contributed by atoms with E-state index in [1.54, 1.807) is 47.4 Å². The van der Waals surface area contributed by atoms with Crippen molar-refractivity contribution in [1.82, 2.24) is 4.90 Å². The van der Waals surface area contributed by atoms with Crippen LogP contribution in [0.4, 0.5) is 4.39 Å². The van der Waals surface area contributed by atoms with Crippen molar-refractivity contribution >= 4 is 67.4 Å². The zero-order valence-electron chi connectivity index (χ0n) is 32.7. The number of amides is 1. The van der Waals surface area contributed by atoms with Crippen LogP contribution < -0.4 is 122 Å². The van der Waals surface area contributed by atoms with Gasteiger partial charge in [-0.15, -0.1) is 0 Å². The first-order valence-electron chi connectivity index (χ1n) is 16.5. The van der Waals surface area contributed by atoms with Gasteiger partial charge in [-0.3, -0.25) is 9.59 Å². The molecule has 1 fully saturated rings.